The Kier molecular flexibility index (Phi) is 3.46. The van der Waals surface area contributed by atoms with Gasteiger partial charge in [0.2, 0.25) is 0 Å². The first-order chi connectivity index (χ1) is 9.75. The lowest BCUT2D eigenvalue weighted by Gasteiger charge is -2.11. The lowest BCUT2D eigenvalue weighted by atomic mass is 10.0. The first kappa shape index (κ1) is 12.8. The Morgan fingerprint density at radius 3 is 2.85 bits per heavy atom. The number of nitrogens with zero attached hydrogens (tertiary/aromatic N) is 3. The summed E-state index contributed by atoms with van der Waals surface area (Å²) < 4.78 is 0. The number of fused-ring (bicyclic) bond motifs is 3. The average molecular weight is 266 g/mol. The highest BCUT2D eigenvalue weighted by Crippen LogP contribution is 2.33. The minimum absolute atomic E-state index is 0.827. The molecule has 0 atom stereocenters. The van der Waals surface area contributed by atoms with Gasteiger partial charge in [-0.15, -0.1) is 0 Å². The van der Waals surface area contributed by atoms with Gasteiger partial charge in [-0.05, 0) is 38.7 Å². The van der Waals surface area contributed by atoms with Crippen LogP contribution in [0.4, 0.5) is 5.82 Å². The highest BCUT2D eigenvalue weighted by Gasteiger charge is 2.18. The summed E-state index contributed by atoms with van der Waals surface area (Å²) in [5.74, 6) is 0.827. The molecular weight excluding hydrogens is 248 g/mol. The van der Waals surface area contributed by atoms with Crippen LogP contribution in [-0.2, 0) is 12.8 Å². The third-order valence-electron chi connectivity index (χ3n) is 3.48. The molecule has 1 heterocycles. The van der Waals surface area contributed by atoms with Gasteiger partial charge in [-0.2, -0.15) is 5.10 Å². The molecule has 0 spiro atoms. The maximum absolute atomic E-state index is 4.51. The maximum atomic E-state index is 4.51. The van der Waals surface area contributed by atoms with E-state index in [9.17, 15) is 0 Å². The fourth-order valence-electron chi connectivity index (χ4n) is 2.57. The lowest BCUT2D eigenvalue weighted by molar-refractivity contribution is 0.829. The quantitative estimate of drug-likeness (QED) is 0.669. The summed E-state index contributed by atoms with van der Waals surface area (Å²) in [6.45, 7) is 3.92. The second kappa shape index (κ2) is 5.41. The number of aryl methyl sites for hydroxylation is 1. The highest BCUT2D eigenvalue weighted by molar-refractivity contribution is 5.80. The lowest BCUT2D eigenvalue weighted by Crippen LogP contribution is -2.03. The number of hydrazone groups is 1. The van der Waals surface area contributed by atoms with Crippen LogP contribution in [0.5, 0.6) is 0 Å². The molecule has 1 aromatic heterocycles. The third-order valence-corrected chi connectivity index (χ3v) is 3.48. The van der Waals surface area contributed by atoms with Gasteiger partial charge in [0.15, 0.2) is 5.82 Å². The van der Waals surface area contributed by atoms with E-state index in [1.54, 1.807) is 6.33 Å². The van der Waals surface area contributed by atoms with Gasteiger partial charge in [-0.1, -0.05) is 24.3 Å². The second-order valence-electron chi connectivity index (χ2n) is 5.23. The molecule has 0 radical (unpaired) electrons. The van der Waals surface area contributed by atoms with Crippen molar-refractivity contribution in [3.63, 3.8) is 0 Å². The van der Waals surface area contributed by atoms with Crippen LogP contribution < -0.4 is 5.43 Å². The van der Waals surface area contributed by atoms with Crippen molar-refractivity contribution in [3.05, 3.63) is 41.7 Å². The van der Waals surface area contributed by atoms with Crippen molar-refractivity contribution in [2.45, 2.75) is 33.1 Å². The fraction of sp³-hybridized carbons (Fsp3) is 0.312. The van der Waals surface area contributed by atoms with Crippen LogP contribution in [0, 0.1) is 0 Å². The van der Waals surface area contributed by atoms with Crippen LogP contribution >= 0.6 is 0 Å². The van der Waals surface area contributed by atoms with Crippen LogP contribution in [0.1, 0.15) is 31.4 Å². The Morgan fingerprint density at radius 2 is 2.00 bits per heavy atom. The molecule has 102 valence electrons. The summed E-state index contributed by atoms with van der Waals surface area (Å²) in [5, 5.41) is 4.27. The maximum Gasteiger partial charge on any atom is 0.153 e. The number of anilines is 1. The molecule has 1 aliphatic rings. The van der Waals surface area contributed by atoms with E-state index in [1.807, 2.05) is 13.8 Å². The Balaban J connectivity index is 2.11. The molecule has 3 rings (SSSR count). The van der Waals surface area contributed by atoms with Crippen LogP contribution in [-0.4, -0.2) is 15.7 Å². The largest absolute Gasteiger partial charge is 0.261 e. The van der Waals surface area contributed by atoms with Crippen molar-refractivity contribution < 1.29 is 0 Å². The van der Waals surface area contributed by atoms with Crippen molar-refractivity contribution in [2.24, 2.45) is 5.10 Å². The molecule has 4 nitrogen and oxygen atoms in total. The number of benzene rings is 1. The van der Waals surface area contributed by atoms with Crippen molar-refractivity contribution in [1.29, 1.82) is 0 Å². The van der Waals surface area contributed by atoms with E-state index >= 15 is 0 Å². The fourth-order valence-corrected chi connectivity index (χ4v) is 2.57. The molecule has 0 saturated heterocycles. The summed E-state index contributed by atoms with van der Waals surface area (Å²) in [6, 6.07) is 8.49. The first-order valence-corrected chi connectivity index (χ1v) is 6.95. The molecule has 1 aliphatic carbocycles. The third kappa shape index (κ3) is 2.41. The minimum atomic E-state index is 0.827. The van der Waals surface area contributed by atoms with Crippen LogP contribution in [0.25, 0.3) is 11.3 Å². The topological polar surface area (TPSA) is 50.2 Å². The number of aromatic nitrogens is 2. The summed E-state index contributed by atoms with van der Waals surface area (Å²) in [7, 11) is 0. The van der Waals surface area contributed by atoms with Gasteiger partial charge >= 0.3 is 0 Å². The molecule has 2 aromatic rings. The Hall–Kier alpha value is -2.23. The Morgan fingerprint density at radius 1 is 1.15 bits per heavy atom. The average Bonchev–Trinajstić information content (AvgIpc) is 2.65. The molecule has 1 aromatic carbocycles. The normalized spacial score (nSPS) is 12.9. The van der Waals surface area contributed by atoms with Crippen LogP contribution in [0.3, 0.4) is 0 Å². The number of hydrogen-bond acceptors (Lipinski definition) is 4. The van der Waals surface area contributed by atoms with Gasteiger partial charge in [-0.3, -0.25) is 5.43 Å². The molecule has 0 bridgehead atoms. The SMILES string of the molecule is CC(C)=NNc1ncnc2c1CCCc1ccccc1-2. The van der Waals surface area contributed by atoms with Crippen molar-refractivity contribution >= 4 is 11.5 Å². The molecule has 0 aliphatic heterocycles. The number of nitrogens with one attached hydrogen (secondary N) is 1. The van der Waals surface area contributed by atoms with Crippen LogP contribution in [0.15, 0.2) is 35.7 Å². The monoisotopic (exact) mass is 266 g/mol. The van der Waals surface area contributed by atoms with Crippen LogP contribution in [0.2, 0.25) is 0 Å². The predicted molar refractivity (Wildman–Crippen MR) is 81.9 cm³/mol. The zero-order chi connectivity index (χ0) is 13.9. The van der Waals surface area contributed by atoms with Gasteiger partial charge in [0, 0.05) is 16.8 Å². The molecular formula is C16H18N4. The molecule has 0 fully saturated rings. The van der Waals surface area contributed by atoms with Gasteiger partial charge in [0.05, 0.1) is 5.69 Å². The molecule has 0 saturated carbocycles. The number of hydrogen-bond donors (Lipinski definition) is 1. The Labute approximate surface area is 119 Å². The van der Waals surface area contributed by atoms with E-state index < -0.39 is 0 Å². The summed E-state index contributed by atoms with van der Waals surface area (Å²) in [4.78, 5) is 8.86. The zero-order valence-corrected chi connectivity index (χ0v) is 11.8. The molecule has 20 heavy (non-hydrogen) atoms. The van der Waals surface area contributed by atoms with E-state index in [1.165, 1.54) is 16.7 Å². The molecule has 0 amide bonds. The van der Waals surface area contributed by atoms with Gasteiger partial charge in [-0.25, -0.2) is 9.97 Å². The van der Waals surface area contributed by atoms with Crippen molar-refractivity contribution in [2.75, 3.05) is 5.43 Å². The Bertz CT molecular complexity index is 657. The van der Waals surface area contributed by atoms with Gasteiger partial charge in [0.1, 0.15) is 6.33 Å². The van der Waals surface area contributed by atoms with E-state index in [0.717, 1.165) is 36.5 Å². The van der Waals surface area contributed by atoms with E-state index in [2.05, 4.69) is 44.8 Å². The first-order valence-electron chi connectivity index (χ1n) is 6.95. The summed E-state index contributed by atoms with van der Waals surface area (Å²) in [6.07, 6.45) is 4.79. The van der Waals surface area contributed by atoms with E-state index in [-0.39, 0.29) is 0 Å². The summed E-state index contributed by atoms with van der Waals surface area (Å²) >= 11 is 0. The minimum Gasteiger partial charge on any atom is -0.261 e. The summed E-state index contributed by atoms with van der Waals surface area (Å²) in [5.41, 5.74) is 8.85. The standard InChI is InChI=1S/C16H18N4/c1-11(2)19-20-16-14-9-5-7-12-6-3-4-8-13(12)15(14)17-10-18-16/h3-4,6,8,10H,5,7,9H2,1-2H3,(H,17,18,20). The molecule has 1 N–H and O–H groups in total. The molecule has 4 heteroatoms. The number of rotatable bonds is 2. The van der Waals surface area contributed by atoms with E-state index in [0.29, 0.717) is 0 Å². The zero-order valence-electron chi connectivity index (χ0n) is 11.8. The van der Waals surface area contributed by atoms with Gasteiger partial charge < -0.3 is 0 Å². The predicted octanol–water partition coefficient (Wildman–Crippen LogP) is 3.44. The molecule has 0 unspecified atom stereocenters. The highest BCUT2D eigenvalue weighted by atomic mass is 15.3. The van der Waals surface area contributed by atoms with Crippen molar-refractivity contribution in [3.8, 4) is 11.3 Å². The van der Waals surface area contributed by atoms with E-state index in [4.69, 9.17) is 0 Å². The van der Waals surface area contributed by atoms with Crippen molar-refractivity contribution in [1.82, 2.24) is 9.97 Å². The van der Waals surface area contributed by atoms with Gasteiger partial charge in [0.25, 0.3) is 0 Å². The smallest absolute Gasteiger partial charge is 0.153 e. The second-order valence-corrected chi connectivity index (χ2v) is 5.23.